The first-order valence-electron chi connectivity index (χ1n) is 9.68. The highest BCUT2D eigenvalue weighted by Gasteiger charge is 2.30. The summed E-state index contributed by atoms with van der Waals surface area (Å²) in [6.45, 7) is 6.40. The summed E-state index contributed by atoms with van der Waals surface area (Å²) < 4.78 is 27.5. The largest absolute Gasteiger partial charge is 0.349 e. The molecule has 1 fully saturated rings. The molecule has 0 radical (unpaired) electrons. The second-order valence-electron chi connectivity index (χ2n) is 7.80. The Hall–Kier alpha value is -2.12. The summed E-state index contributed by atoms with van der Waals surface area (Å²) in [5, 5.41) is 3.14. The van der Waals surface area contributed by atoms with Crippen molar-refractivity contribution in [2.24, 2.45) is 5.92 Å². The van der Waals surface area contributed by atoms with Crippen molar-refractivity contribution in [2.45, 2.75) is 46.1 Å². The minimum Gasteiger partial charge on any atom is -0.349 e. The summed E-state index contributed by atoms with van der Waals surface area (Å²) in [5.41, 5.74) is 4.82. The predicted octanol–water partition coefficient (Wildman–Crippen LogP) is 2.85. The molecule has 1 aliphatic carbocycles. The van der Waals surface area contributed by atoms with Crippen LogP contribution in [-0.2, 0) is 10.0 Å². The summed E-state index contributed by atoms with van der Waals surface area (Å²) in [7, 11) is -3.23. The minimum atomic E-state index is -3.23. The molecule has 0 spiro atoms. The molecule has 28 heavy (non-hydrogen) atoms. The Labute approximate surface area is 167 Å². The zero-order chi connectivity index (χ0) is 20.5. The Bertz CT molecular complexity index is 979. The number of hydrogen-bond donors (Lipinski definition) is 2. The third-order valence-corrected chi connectivity index (χ3v) is 6.31. The van der Waals surface area contributed by atoms with Gasteiger partial charge in [0.15, 0.2) is 0 Å². The number of carbonyl (C=O) groups is 1. The van der Waals surface area contributed by atoms with Crippen LogP contribution >= 0.6 is 0 Å². The normalized spacial score (nSPS) is 19.7. The fraction of sp³-hybridized carbons (Fsp3) is 0.476. The number of benzene rings is 1. The molecular weight excluding hydrogens is 374 g/mol. The molecule has 2 aromatic rings. The third-order valence-electron chi connectivity index (χ3n) is 5.62. The quantitative estimate of drug-likeness (QED) is 0.778. The van der Waals surface area contributed by atoms with E-state index in [1.807, 2.05) is 32.0 Å². The van der Waals surface area contributed by atoms with Crippen LogP contribution in [0.5, 0.6) is 0 Å². The molecule has 0 bridgehead atoms. The molecule has 1 amide bonds. The average molecular weight is 404 g/mol. The number of rotatable bonds is 6. The number of sulfonamides is 1. The molecule has 7 heteroatoms. The average Bonchev–Trinajstić information content (AvgIpc) is 3.17. The lowest BCUT2D eigenvalue weighted by Crippen LogP contribution is -2.42. The van der Waals surface area contributed by atoms with Crippen molar-refractivity contribution in [1.82, 2.24) is 14.6 Å². The van der Waals surface area contributed by atoms with Gasteiger partial charge >= 0.3 is 0 Å². The van der Waals surface area contributed by atoms with E-state index in [-0.39, 0.29) is 17.9 Å². The van der Waals surface area contributed by atoms with Crippen LogP contribution in [-0.4, -0.2) is 37.7 Å². The second kappa shape index (κ2) is 8.09. The molecule has 6 nitrogen and oxygen atoms in total. The molecule has 1 aliphatic rings. The lowest BCUT2D eigenvalue weighted by Gasteiger charge is -2.21. The number of aromatic nitrogens is 1. The van der Waals surface area contributed by atoms with Gasteiger partial charge in [0.25, 0.3) is 5.91 Å². The van der Waals surface area contributed by atoms with Crippen LogP contribution < -0.4 is 10.0 Å². The van der Waals surface area contributed by atoms with E-state index in [9.17, 15) is 13.2 Å². The van der Waals surface area contributed by atoms with Gasteiger partial charge in [-0.3, -0.25) is 4.79 Å². The molecule has 2 N–H and O–H groups in total. The highest BCUT2D eigenvalue weighted by molar-refractivity contribution is 7.88. The summed E-state index contributed by atoms with van der Waals surface area (Å²) in [5.74, 6) is 0.0303. The van der Waals surface area contributed by atoms with Crippen LogP contribution in [0, 0.1) is 26.7 Å². The summed E-state index contributed by atoms with van der Waals surface area (Å²) in [6, 6.07) is 10.0. The number of carbonyl (C=O) groups excluding carboxylic acids is 1. The molecule has 3 rings (SSSR count). The van der Waals surface area contributed by atoms with Crippen LogP contribution in [0.4, 0.5) is 0 Å². The van der Waals surface area contributed by atoms with E-state index in [0.717, 1.165) is 48.2 Å². The van der Waals surface area contributed by atoms with E-state index in [4.69, 9.17) is 0 Å². The SMILES string of the molecule is Cc1ccccc1-n1c(C)cc(C(=O)N[C@@H]2CCC[C@H]2CNS(C)(=O)=O)c1C. The molecule has 0 saturated heterocycles. The van der Waals surface area contributed by atoms with Crippen molar-refractivity contribution in [3.63, 3.8) is 0 Å². The topological polar surface area (TPSA) is 80.2 Å². The molecule has 2 atom stereocenters. The smallest absolute Gasteiger partial charge is 0.253 e. The van der Waals surface area contributed by atoms with Gasteiger partial charge in [0.2, 0.25) is 10.0 Å². The van der Waals surface area contributed by atoms with E-state index in [1.54, 1.807) is 0 Å². The molecule has 0 unspecified atom stereocenters. The lowest BCUT2D eigenvalue weighted by atomic mass is 10.0. The Balaban J connectivity index is 1.78. The Kier molecular flexibility index (Phi) is 5.95. The summed E-state index contributed by atoms with van der Waals surface area (Å²) in [6.07, 6.45) is 3.94. The maximum Gasteiger partial charge on any atom is 0.253 e. The Morgan fingerprint density at radius 1 is 1.18 bits per heavy atom. The first-order chi connectivity index (χ1) is 13.2. The van der Waals surface area contributed by atoms with Gasteiger partial charge in [0.1, 0.15) is 0 Å². The second-order valence-corrected chi connectivity index (χ2v) is 9.63. The van der Waals surface area contributed by atoms with Gasteiger partial charge in [0, 0.05) is 29.7 Å². The van der Waals surface area contributed by atoms with Crippen molar-refractivity contribution in [3.05, 3.63) is 52.8 Å². The van der Waals surface area contributed by atoms with Crippen molar-refractivity contribution in [2.75, 3.05) is 12.8 Å². The maximum atomic E-state index is 13.0. The monoisotopic (exact) mass is 403 g/mol. The molecule has 0 aliphatic heterocycles. The Morgan fingerprint density at radius 3 is 2.57 bits per heavy atom. The zero-order valence-corrected chi connectivity index (χ0v) is 17.8. The maximum absolute atomic E-state index is 13.0. The highest BCUT2D eigenvalue weighted by Crippen LogP contribution is 2.27. The number of hydrogen-bond acceptors (Lipinski definition) is 3. The summed E-state index contributed by atoms with van der Waals surface area (Å²) >= 11 is 0. The molecular formula is C21H29N3O3S. The first kappa shape index (κ1) is 20.6. The lowest BCUT2D eigenvalue weighted by molar-refractivity contribution is 0.0928. The van der Waals surface area contributed by atoms with E-state index >= 15 is 0 Å². The van der Waals surface area contributed by atoms with Crippen LogP contribution in [0.15, 0.2) is 30.3 Å². The molecule has 1 heterocycles. The molecule has 1 aromatic carbocycles. The highest BCUT2D eigenvalue weighted by atomic mass is 32.2. The van der Waals surface area contributed by atoms with Crippen LogP contribution in [0.3, 0.4) is 0 Å². The van der Waals surface area contributed by atoms with Gasteiger partial charge in [-0.05, 0) is 57.2 Å². The van der Waals surface area contributed by atoms with E-state index < -0.39 is 10.0 Å². The molecule has 1 aromatic heterocycles. The first-order valence-corrected chi connectivity index (χ1v) is 11.6. The number of nitrogens with zero attached hydrogens (tertiary/aromatic N) is 1. The number of para-hydroxylation sites is 1. The van der Waals surface area contributed by atoms with Crippen LogP contribution in [0.2, 0.25) is 0 Å². The standard InChI is InChI=1S/C21H29N3O3S/c1-14-8-5-6-11-20(14)24-15(2)12-18(16(24)3)21(25)23-19-10-7-9-17(19)13-22-28(4,26)27/h5-6,8,11-12,17,19,22H,7,9-10,13H2,1-4H3,(H,23,25)/t17-,19+/m0/s1. The summed E-state index contributed by atoms with van der Waals surface area (Å²) in [4.78, 5) is 13.0. The van der Waals surface area contributed by atoms with Crippen molar-refractivity contribution < 1.29 is 13.2 Å². The van der Waals surface area contributed by atoms with Gasteiger partial charge in [-0.15, -0.1) is 0 Å². The van der Waals surface area contributed by atoms with Gasteiger partial charge in [-0.25, -0.2) is 13.1 Å². The van der Waals surface area contributed by atoms with Gasteiger partial charge in [-0.2, -0.15) is 0 Å². The molecule has 1 saturated carbocycles. The zero-order valence-electron chi connectivity index (χ0n) is 17.0. The van der Waals surface area contributed by atoms with Gasteiger partial charge in [0.05, 0.1) is 11.8 Å². The predicted molar refractivity (Wildman–Crippen MR) is 111 cm³/mol. The van der Waals surface area contributed by atoms with Gasteiger partial charge < -0.3 is 9.88 Å². The third kappa shape index (κ3) is 4.47. The number of aryl methyl sites for hydroxylation is 2. The van der Waals surface area contributed by atoms with E-state index in [1.165, 1.54) is 0 Å². The van der Waals surface area contributed by atoms with E-state index in [0.29, 0.717) is 12.1 Å². The fourth-order valence-corrected chi connectivity index (χ4v) is 4.67. The van der Waals surface area contributed by atoms with Crippen molar-refractivity contribution >= 4 is 15.9 Å². The van der Waals surface area contributed by atoms with Gasteiger partial charge in [-0.1, -0.05) is 24.6 Å². The number of amides is 1. The number of nitrogens with one attached hydrogen (secondary N) is 2. The molecule has 152 valence electrons. The van der Waals surface area contributed by atoms with Crippen molar-refractivity contribution in [1.29, 1.82) is 0 Å². The van der Waals surface area contributed by atoms with E-state index in [2.05, 4.69) is 33.7 Å². The van der Waals surface area contributed by atoms with Crippen LogP contribution in [0.1, 0.15) is 46.6 Å². The van der Waals surface area contributed by atoms with Crippen LogP contribution in [0.25, 0.3) is 5.69 Å². The minimum absolute atomic E-state index is 0.0109. The fourth-order valence-electron chi connectivity index (χ4n) is 4.15. The van der Waals surface area contributed by atoms with Crippen molar-refractivity contribution in [3.8, 4) is 5.69 Å². The Morgan fingerprint density at radius 2 is 1.89 bits per heavy atom.